The number of hydrogen-bond donors (Lipinski definition) is 0. The lowest BCUT2D eigenvalue weighted by molar-refractivity contribution is 0.288. The molecule has 0 saturated carbocycles. The molecule has 2 nitrogen and oxygen atoms in total. The molecule has 2 aromatic rings. The van der Waals surface area contributed by atoms with E-state index in [-0.39, 0.29) is 0 Å². The van der Waals surface area contributed by atoms with Crippen molar-refractivity contribution in [1.82, 2.24) is 4.90 Å². The van der Waals surface area contributed by atoms with Crippen LogP contribution >= 0.6 is 11.8 Å². The molecule has 22 heavy (non-hydrogen) atoms. The monoisotopic (exact) mass is 312 g/mol. The zero-order chi connectivity index (χ0) is 15.5. The number of anilines is 2. The van der Waals surface area contributed by atoms with Crippen molar-refractivity contribution < 1.29 is 0 Å². The fourth-order valence-corrected chi connectivity index (χ4v) is 4.22. The summed E-state index contributed by atoms with van der Waals surface area (Å²) in [6.07, 6.45) is 0. The van der Waals surface area contributed by atoms with Crippen LogP contribution in [0.1, 0.15) is 20.8 Å². The van der Waals surface area contributed by atoms with Crippen LogP contribution in [0.15, 0.2) is 58.3 Å². The van der Waals surface area contributed by atoms with Crippen molar-refractivity contribution in [3.63, 3.8) is 0 Å². The molecule has 0 amide bonds. The lowest BCUT2D eigenvalue weighted by atomic mass is 10.1. The highest BCUT2D eigenvalue weighted by Gasteiger charge is 2.27. The molecule has 3 heteroatoms. The van der Waals surface area contributed by atoms with Crippen LogP contribution in [0.4, 0.5) is 11.4 Å². The summed E-state index contributed by atoms with van der Waals surface area (Å²) in [5.74, 6) is 0. The highest BCUT2D eigenvalue weighted by atomic mass is 32.2. The van der Waals surface area contributed by atoms with E-state index < -0.39 is 0 Å². The lowest BCUT2D eigenvalue weighted by Gasteiger charge is -2.39. The van der Waals surface area contributed by atoms with Crippen LogP contribution in [0.2, 0.25) is 0 Å². The molecule has 3 rings (SSSR count). The SMILES string of the molecule is CCN(CC)CC(C)N1c2ccccc2Sc2ccccc21. The summed E-state index contributed by atoms with van der Waals surface area (Å²) in [4.78, 5) is 7.72. The van der Waals surface area contributed by atoms with Gasteiger partial charge in [0.15, 0.2) is 0 Å². The first kappa shape index (κ1) is 15.4. The third kappa shape index (κ3) is 2.88. The Morgan fingerprint density at radius 1 is 0.909 bits per heavy atom. The van der Waals surface area contributed by atoms with Gasteiger partial charge in [0.2, 0.25) is 0 Å². The quantitative estimate of drug-likeness (QED) is 0.765. The minimum Gasteiger partial charge on any atom is -0.335 e. The van der Waals surface area contributed by atoms with Gasteiger partial charge in [0.25, 0.3) is 0 Å². The van der Waals surface area contributed by atoms with Crippen molar-refractivity contribution in [1.29, 1.82) is 0 Å². The fourth-order valence-electron chi connectivity index (χ4n) is 3.15. The maximum Gasteiger partial charge on any atom is 0.0555 e. The number of nitrogens with zero attached hydrogens (tertiary/aromatic N) is 2. The summed E-state index contributed by atoms with van der Waals surface area (Å²) >= 11 is 1.88. The van der Waals surface area contributed by atoms with Gasteiger partial charge < -0.3 is 9.80 Å². The molecular weight excluding hydrogens is 288 g/mol. The van der Waals surface area contributed by atoms with Crippen molar-refractivity contribution in [2.75, 3.05) is 24.5 Å². The van der Waals surface area contributed by atoms with Gasteiger partial charge >= 0.3 is 0 Å². The first-order valence-corrected chi connectivity index (χ1v) is 8.93. The van der Waals surface area contributed by atoms with Gasteiger partial charge in [0, 0.05) is 22.4 Å². The molecule has 1 aliphatic heterocycles. The summed E-state index contributed by atoms with van der Waals surface area (Å²) in [5, 5.41) is 0. The number of rotatable bonds is 5. The first-order valence-electron chi connectivity index (χ1n) is 8.12. The Morgan fingerprint density at radius 3 is 1.91 bits per heavy atom. The molecule has 116 valence electrons. The van der Waals surface area contributed by atoms with E-state index in [0.29, 0.717) is 6.04 Å². The van der Waals surface area contributed by atoms with Crippen LogP contribution in [-0.2, 0) is 0 Å². The summed E-state index contributed by atoms with van der Waals surface area (Å²) in [5.41, 5.74) is 2.68. The summed E-state index contributed by atoms with van der Waals surface area (Å²) in [6.45, 7) is 10.1. The molecule has 0 bridgehead atoms. The van der Waals surface area contributed by atoms with Crippen LogP contribution in [0.25, 0.3) is 0 Å². The molecule has 2 aromatic carbocycles. The lowest BCUT2D eigenvalue weighted by Crippen LogP contribution is -2.41. The van der Waals surface area contributed by atoms with E-state index in [2.05, 4.69) is 79.1 Å². The van der Waals surface area contributed by atoms with Crippen LogP contribution < -0.4 is 4.90 Å². The Labute approximate surface area is 138 Å². The molecule has 0 aromatic heterocycles. The average molecular weight is 312 g/mol. The van der Waals surface area contributed by atoms with Crippen LogP contribution in [0.3, 0.4) is 0 Å². The van der Waals surface area contributed by atoms with Crippen LogP contribution in [-0.4, -0.2) is 30.6 Å². The van der Waals surface area contributed by atoms with Gasteiger partial charge in [-0.1, -0.05) is 49.9 Å². The van der Waals surface area contributed by atoms with Gasteiger partial charge in [-0.25, -0.2) is 0 Å². The van der Waals surface area contributed by atoms with Gasteiger partial charge in [-0.2, -0.15) is 0 Å². The highest BCUT2D eigenvalue weighted by Crippen LogP contribution is 2.48. The van der Waals surface area contributed by atoms with Crippen LogP contribution in [0.5, 0.6) is 0 Å². The third-order valence-corrected chi connectivity index (χ3v) is 5.46. The Kier molecular flexibility index (Phi) is 4.74. The molecule has 0 aliphatic carbocycles. The number of fused-ring (bicyclic) bond motifs is 2. The molecule has 1 atom stereocenters. The number of likely N-dealkylation sites (N-methyl/N-ethyl adjacent to an activating group) is 1. The van der Waals surface area contributed by atoms with Gasteiger partial charge in [0.1, 0.15) is 0 Å². The highest BCUT2D eigenvalue weighted by molar-refractivity contribution is 7.99. The van der Waals surface area contributed by atoms with E-state index in [1.54, 1.807) is 0 Å². The molecule has 0 fully saturated rings. The van der Waals surface area contributed by atoms with E-state index in [4.69, 9.17) is 0 Å². The van der Waals surface area contributed by atoms with Gasteiger partial charge in [0.05, 0.1) is 11.4 Å². The number of hydrogen-bond acceptors (Lipinski definition) is 3. The molecule has 0 spiro atoms. The van der Waals surface area contributed by atoms with Gasteiger partial charge in [-0.05, 0) is 44.3 Å². The second-order valence-electron chi connectivity index (χ2n) is 5.74. The van der Waals surface area contributed by atoms with Crippen molar-refractivity contribution >= 4 is 23.1 Å². The summed E-state index contributed by atoms with van der Waals surface area (Å²) in [6, 6.07) is 18.0. The number of benzene rings is 2. The van der Waals surface area contributed by atoms with Crippen molar-refractivity contribution in [2.45, 2.75) is 36.6 Å². The standard InChI is InChI=1S/C19H24N2S/c1-4-20(5-2)14-15(3)21-16-10-6-8-12-18(16)22-19-13-9-7-11-17(19)21/h6-13,15H,4-5,14H2,1-3H3. The zero-order valence-electron chi connectivity index (χ0n) is 13.6. The van der Waals surface area contributed by atoms with E-state index in [1.807, 2.05) is 11.8 Å². The predicted octanol–water partition coefficient (Wildman–Crippen LogP) is 5.02. The summed E-state index contributed by atoms with van der Waals surface area (Å²) in [7, 11) is 0. The van der Waals surface area contributed by atoms with Gasteiger partial charge in [-0.15, -0.1) is 0 Å². The Morgan fingerprint density at radius 2 is 1.41 bits per heavy atom. The van der Waals surface area contributed by atoms with E-state index in [9.17, 15) is 0 Å². The third-order valence-electron chi connectivity index (χ3n) is 4.33. The molecule has 0 radical (unpaired) electrons. The topological polar surface area (TPSA) is 6.48 Å². The molecule has 0 N–H and O–H groups in total. The Hall–Kier alpha value is -1.45. The molecule has 1 unspecified atom stereocenters. The first-order chi connectivity index (χ1) is 10.7. The molecule has 0 saturated heterocycles. The second kappa shape index (κ2) is 6.76. The number of para-hydroxylation sites is 2. The largest absolute Gasteiger partial charge is 0.335 e. The van der Waals surface area contributed by atoms with Crippen LogP contribution in [0, 0.1) is 0 Å². The van der Waals surface area contributed by atoms with Crippen molar-refractivity contribution in [2.24, 2.45) is 0 Å². The summed E-state index contributed by atoms with van der Waals surface area (Å²) < 4.78 is 0. The maximum atomic E-state index is 2.51. The van der Waals surface area contributed by atoms with E-state index >= 15 is 0 Å². The fraction of sp³-hybridized carbons (Fsp3) is 0.368. The zero-order valence-corrected chi connectivity index (χ0v) is 14.4. The minimum absolute atomic E-state index is 0.447. The average Bonchev–Trinajstić information content (AvgIpc) is 2.57. The molecule has 1 aliphatic rings. The van der Waals surface area contributed by atoms with E-state index in [0.717, 1.165) is 19.6 Å². The van der Waals surface area contributed by atoms with Crippen molar-refractivity contribution in [3.8, 4) is 0 Å². The molecule has 1 heterocycles. The van der Waals surface area contributed by atoms with Gasteiger partial charge in [-0.3, -0.25) is 0 Å². The second-order valence-corrected chi connectivity index (χ2v) is 6.83. The Balaban J connectivity index is 1.99. The maximum absolute atomic E-state index is 2.51. The minimum atomic E-state index is 0.447. The normalized spacial score (nSPS) is 14.6. The molecular formula is C19H24N2S. The van der Waals surface area contributed by atoms with E-state index in [1.165, 1.54) is 21.2 Å². The predicted molar refractivity (Wildman–Crippen MR) is 96.4 cm³/mol. The van der Waals surface area contributed by atoms with Crippen molar-refractivity contribution in [3.05, 3.63) is 48.5 Å². The Bertz CT molecular complexity index is 591. The smallest absolute Gasteiger partial charge is 0.0555 e.